The van der Waals surface area contributed by atoms with Crippen molar-refractivity contribution in [1.29, 1.82) is 0 Å². The van der Waals surface area contributed by atoms with Gasteiger partial charge in [-0.25, -0.2) is 18.1 Å². The van der Waals surface area contributed by atoms with Crippen molar-refractivity contribution in [1.82, 2.24) is 0 Å². The number of hydrogen-bond donors (Lipinski definition) is 2. The molecule has 0 spiro atoms. The van der Waals surface area contributed by atoms with Crippen molar-refractivity contribution in [2.24, 2.45) is 5.73 Å². The van der Waals surface area contributed by atoms with E-state index in [0.717, 1.165) is 0 Å². The predicted octanol–water partition coefficient (Wildman–Crippen LogP) is -0.117. The zero-order chi connectivity index (χ0) is 8.33. The third-order valence-electron chi connectivity index (χ3n) is 1.78. The summed E-state index contributed by atoms with van der Waals surface area (Å²) in [6.07, 6.45) is 0.282. The van der Waals surface area contributed by atoms with E-state index in [2.05, 4.69) is 4.52 Å². The fourth-order valence-electron chi connectivity index (χ4n) is 1.16. The van der Waals surface area contributed by atoms with Crippen LogP contribution in [-0.4, -0.2) is 16.8 Å². The molecule has 0 radical (unpaired) electrons. The first-order valence-electron chi connectivity index (χ1n) is 3.17. The largest absolute Gasteiger partial charge is 0.484 e. The van der Waals surface area contributed by atoms with E-state index < -0.39 is 19.5 Å². The molecule has 2 bridgehead atoms. The fraction of sp³-hybridized carbons (Fsp3) is 1.00. The molecule has 1 atom stereocenters. The maximum atomic E-state index is 11.0. The summed E-state index contributed by atoms with van der Waals surface area (Å²) < 4.78 is 24.9. The molecule has 3 N–H and O–H groups in total. The molecule has 0 aromatic heterocycles. The predicted molar refractivity (Wildman–Crippen MR) is 33.0 cm³/mol. The van der Waals surface area contributed by atoms with Crippen LogP contribution in [0.5, 0.6) is 0 Å². The Bertz CT molecular complexity index is 241. The lowest BCUT2D eigenvalue weighted by Crippen LogP contribution is -2.59. The molecule has 7 heteroatoms. The third kappa shape index (κ3) is 0.717. The van der Waals surface area contributed by atoms with Crippen molar-refractivity contribution in [3.8, 4) is 0 Å². The average molecular weight is 181 g/mol. The lowest BCUT2D eigenvalue weighted by Gasteiger charge is -2.35. The van der Waals surface area contributed by atoms with Crippen molar-refractivity contribution >= 4 is 7.82 Å². The standard InChI is InChI=1S/C4H8NO5P/c1-2-3-4(5,6)10-11(7,8-3)9-3/h6H,2,5H2,1H3. The first-order chi connectivity index (χ1) is 4.93. The number of rotatable bonds is 1. The molecule has 3 aliphatic heterocycles. The van der Waals surface area contributed by atoms with Crippen LogP contribution in [0, 0.1) is 0 Å². The van der Waals surface area contributed by atoms with Gasteiger partial charge in [0.2, 0.25) is 0 Å². The second-order valence-corrected chi connectivity index (χ2v) is 3.97. The zero-order valence-electron chi connectivity index (χ0n) is 5.81. The number of phosphoric acid groups is 1. The highest BCUT2D eigenvalue weighted by molar-refractivity contribution is 7.50. The van der Waals surface area contributed by atoms with Crippen molar-refractivity contribution in [3.63, 3.8) is 0 Å². The van der Waals surface area contributed by atoms with Crippen LogP contribution in [-0.2, 0) is 18.1 Å². The van der Waals surface area contributed by atoms with E-state index in [9.17, 15) is 9.67 Å². The van der Waals surface area contributed by atoms with E-state index in [4.69, 9.17) is 14.8 Å². The summed E-state index contributed by atoms with van der Waals surface area (Å²) in [5.74, 6) is -3.49. The Balaban J connectivity index is 2.36. The summed E-state index contributed by atoms with van der Waals surface area (Å²) in [4.78, 5) is 0. The Morgan fingerprint density at radius 2 is 2.09 bits per heavy atom. The number of nitrogens with two attached hydrogens (primary N) is 1. The number of aliphatic hydroxyl groups is 1. The van der Waals surface area contributed by atoms with Crippen molar-refractivity contribution in [2.75, 3.05) is 0 Å². The molecule has 64 valence electrons. The first kappa shape index (κ1) is 7.67. The Morgan fingerprint density at radius 3 is 2.27 bits per heavy atom. The molecule has 6 nitrogen and oxygen atoms in total. The molecule has 3 heterocycles. The quantitative estimate of drug-likeness (QED) is 0.433. The number of phosphoric ester groups is 1. The van der Waals surface area contributed by atoms with Crippen molar-refractivity contribution in [2.45, 2.75) is 25.0 Å². The van der Waals surface area contributed by atoms with Gasteiger partial charge in [-0.05, 0) is 0 Å². The molecule has 3 aliphatic rings. The van der Waals surface area contributed by atoms with Gasteiger partial charge in [0.15, 0.2) is 0 Å². The van der Waals surface area contributed by atoms with Crippen LogP contribution in [0.1, 0.15) is 13.3 Å². The minimum atomic E-state index is -3.48. The summed E-state index contributed by atoms with van der Waals surface area (Å²) >= 11 is 0. The molecular weight excluding hydrogens is 173 g/mol. The van der Waals surface area contributed by atoms with Gasteiger partial charge in [-0.1, -0.05) is 6.92 Å². The Labute approximate surface area is 62.8 Å². The van der Waals surface area contributed by atoms with Crippen LogP contribution in [0.2, 0.25) is 0 Å². The van der Waals surface area contributed by atoms with Gasteiger partial charge >= 0.3 is 7.82 Å². The summed E-state index contributed by atoms with van der Waals surface area (Å²) in [5, 5.41) is 9.25. The minimum Gasteiger partial charge on any atom is -0.349 e. The van der Waals surface area contributed by atoms with Crippen LogP contribution >= 0.6 is 7.82 Å². The lowest BCUT2D eigenvalue weighted by molar-refractivity contribution is -0.283. The smallest absolute Gasteiger partial charge is 0.349 e. The summed E-state index contributed by atoms with van der Waals surface area (Å²) in [6.45, 7) is 1.68. The maximum absolute atomic E-state index is 11.0. The van der Waals surface area contributed by atoms with Gasteiger partial charge in [-0.15, -0.1) is 0 Å². The van der Waals surface area contributed by atoms with Gasteiger partial charge in [0, 0.05) is 6.42 Å². The summed E-state index contributed by atoms with van der Waals surface area (Å²) in [7, 11) is -3.48. The van der Waals surface area contributed by atoms with Crippen LogP contribution < -0.4 is 5.73 Å². The van der Waals surface area contributed by atoms with Crippen molar-refractivity contribution < 1.29 is 23.2 Å². The van der Waals surface area contributed by atoms with E-state index in [1.165, 1.54) is 0 Å². The fourth-order valence-corrected chi connectivity index (χ4v) is 2.97. The Hall–Kier alpha value is 0.0300. The van der Waals surface area contributed by atoms with Gasteiger partial charge < -0.3 is 5.11 Å². The van der Waals surface area contributed by atoms with Gasteiger partial charge in [-0.2, -0.15) is 0 Å². The van der Waals surface area contributed by atoms with Gasteiger partial charge in [0.1, 0.15) is 0 Å². The molecular formula is C4H8NO5P. The molecule has 3 saturated heterocycles. The van der Waals surface area contributed by atoms with Crippen molar-refractivity contribution in [3.05, 3.63) is 0 Å². The van der Waals surface area contributed by atoms with E-state index in [0.29, 0.717) is 0 Å². The van der Waals surface area contributed by atoms with E-state index >= 15 is 0 Å². The van der Waals surface area contributed by atoms with E-state index in [1.807, 2.05) is 0 Å². The minimum absolute atomic E-state index is 0.282. The SMILES string of the molecule is CCC12OP(=O)(OC1(N)O)O2. The maximum Gasteiger partial charge on any atom is 0.484 e. The molecule has 11 heavy (non-hydrogen) atoms. The second-order valence-electron chi connectivity index (χ2n) is 2.52. The lowest BCUT2D eigenvalue weighted by atomic mass is 10.1. The molecule has 3 fully saturated rings. The highest BCUT2D eigenvalue weighted by Crippen LogP contribution is 2.76. The van der Waals surface area contributed by atoms with Gasteiger partial charge in [0.25, 0.3) is 11.7 Å². The average Bonchev–Trinajstić information content (AvgIpc) is 2.08. The first-order valence-corrected chi connectivity index (χ1v) is 4.63. The topological polar surface area (TPSA) is 91.0 Å². The van der Waals surface area contributed by atoms with E-state index in [1.54, 1.807) is 6.92 Å². The van der Waals surface area contributed by atoms with Crippen LogP contribution in [0.15, 0.2) is 0 Å². The highest BCUT2D eigenvalue weighted by Gasteiger charge is 2.77. The van der Waals surface area contributed by atoms with Gasteiger partial charge in [0.05, 0.1) is 0 Å². The molecule has 3 rings (SSSR count). The van der Waals surface area contributed by atoms with E-state index in [-0.39, 0.29) is 6.42 Å². The van der Waals surface area contributed by atoms with Crippen LogP contribution in [0.3, 0.4) is 0 Å². The summed E-state index contributed by atoms with van der Waals surface area (Å²) in [6, 6.07) is 0. The summed E-state index contributed by atoms with van der Waals surface area (Å²) in [5.41, 5.74) is 5.20. The highest BCUT2D eigenvalue weighted by atomic mass is 31.2. The molecule has 0 amide bonds. The monoisotopic (exact) mass is 181 g/mol. The molecule has 0 aromatic rings. The number of fused-ring (bicyclic) bond motifs is 1. The normalized spacial score (nSPS) is 61.0. The van der Waals surface area contributed by atoms with Gasteiger partial charge in [-0.3, -0.25) is 5.73 Å². The second kappa shape index (κ2) is 1.69. The number of hydrogen-bond acceptors (Lipinski definition) is 6. The molecule has 0 aromatic carbocycles. The molecule has 1 unspecified atom stereocenters. The molecule has 0 saturated carbocycles. The Morgan fingerprint density at radius 1 is 1.55 bits per heavy atom. The molecule has 0 aliphatic carbocycles. The van der Waals surface area contributed by atoms with Crippen LogP contribution in [0.4, 0.5) is 0 Å². The zero-order valence-corrected chi connectivity index (χ0v) is 6.71. The Kier molecular flexibility index (Phi) is 1.17. The van der Waals surface area contributed by atoms with Crippen LogP contribution in [0.25, 0.3) is 0 Å². The third-order valence-corrected chi connectivity index (χ3v) is 3.32.